The minimum absolute atomic E-state index is 0.583. The van der Waals surface area contributed by atoms with Crippen molar-refractivity contribution in [1.82, 2.24) is 10.3 Å². The van der Waals surface area contributed by atoms with Crippen LogP contribution in [0.4, 0.5) is 0 Å². The summed E-state index contributed by atoms with van der Waals surface area (Å²) in [6, 6.07) is 0.583. The van der Waals surface area contributed by atoms with E-state index in [1.165, 1.54) is 11.4 Å². The maximum Gasteiger partial charge on any atom is 0.107 e. The van der Waals surface area contributed by atoms with Crippen molar-refractivity contribution in [3.8, 4) is 0 Å². The maximum absolute atomic E-state index is 4.42. The first-order valence-electron chi connectivity index (χ1n) is 5.22. The summed E-state index contributed by atoms with van der Waals surface area (Å²) in [4.78, 5) is 4.42. The molecule has 0 aromatic carbocycles. The van der Waals surface area contributed by atoms with Crippen molar-refractivity contribution in [2.24, 2.45) is 5.92 Å². The number of nitrogens with zero attached hydrogens (tertiary/aromatic N) is 1. The second-order valence-corrected chi connectivity index (χ2v) is 5.24. The van der Waals surface area contributed by atoms with Crippen molar-refractivity contribution < 1.29 is 0 Å². The Morgan fingerprint density at radius 1 is 1.43 bits per heavy atom. The second-order valence-electron chi connectivity index (χ2n) is 4.29. The van der Waals surface area contributed by atoms with Crippen LogP contribution in [0.15, 0.2) is 5.38 Å². The molecular weight excluding hydrogens is 192 g/mol. The molecule has 0 spiro atoms. The lowest BCUT2D eigenvalue weighted by Gasteiger charge is -2.14. The van der Waals surface area contributed by atoms with Crippen molar-refractivity contribution in [2.75, 3.05) is 0 Å². The van der Waals surface area contributed by atoms with Crippen molar-refractivity contribution in [3.63, 3.8) is 0 Å². The summed E-state index contributed by atoms with van der Waals surface area (Å²) >= 11 is 1.74. The quantitative estimate of drug-likeness (QED) is 0.811. The van der Waals surface area contributed by atoms with Crippen LogP contribution in [0, 0.1) is 12.8 Å². The van der Waals surface area contributed by atoms with Gasteiger partial charge in [-0.2, -0.15) is 0 Å². The largest absolute Gasteiger partial charge is 0.308 e. The number of aryl methyl sites for hydroxylation is 1. The molecular formula is C11H20N2S. The third kappa shape index (κ3) is 4.20. The number of thiazole rings is 1. The summed E-state index contributed by atoms with van der Waals surface area (Å²) in [5.41, 5.74) is 1.13. The smallest absolute Gasteiger partial charge is 0.107 e. The molecule has 1 aromatic heterocycles. The summed E-state index contributed by atoms with van der Waals surface area (Å²) in [7, 11) is 0. The van der Waals surface area contributed by atoms with Gasteiger partial charge in [-0.3, -0.25) is 0 Å². The van der Waals surface area contributed by atoms with Gasteiger partial charge in [0.05, 0.1) is 0 Å². The van der Waals surface area contributed by atoms with E-state index in [1.807, 2.05) is 6.92 Å². The fourth-order valence-electron chi connectivity index (χ4n) is 1.54. The van der Waals surface area contributed by atoms with Gasteiger partial charge in [-0.1, -0.05) is 13.8 Å². The van der Waals surface area contributed by atoms with Crippen LogP contribution in [0.25, 0.3) is 0 Å². The van der Waals surface area contributed by atoms with E-state index in [4.69, 9.17) is 0 Å². The zero-order chi connectivity index (χ0) is 10.6. The Morgan fingerprint density at radius 3 is 2.64 bits per heavy atom. The van der Waals surface area contributed by atoms with Gasteiger partial charge < -0.3 is 5.32 Å². The van der Waals surface area contributed by atoms with Crippen molar-refractivity contribution in [1.29, 1.82) is 0 Å². The Hall–Kier alpha value is -0.410. The molecule has 1 atom stereocenters. The molecule has 0 bridgehead atoms. The summed E-state index contributed by atoms with van der Waals surface area (Å²) in [6.07, 6.45) is 1.23. The maximum atomic E-state index is 4.42. The molecule has 14 heavy (non-hydrogen) atoms. The predicted molar refractivity (Wildman–Crippen MR) is 62.6 cm³/mol. The van der Waals surface area contributed by atoms with Crippen LogP contribution < -0.4 is 5.32 Å². The Bertz CT molecular complexity index is 268. The van der Waals surface area contributed by atoms with Gasteiger partial charge in [-0.15, -0.1) is 11.3 Å². The number of nitrogens with one attached hydrogen (secondary N) is 1. The molecule has 0 aliphatic rings. The first-order chi connectivity index (χ1) is 6.58. The summed E-state index contributed by atoms with van der Waals surface area (Å²) in [5.74, 6) is 0.760. The third-order valence-electron chi connectivity index (χ3n) is 2.09. The molecule has 2 nitrogen and oxygen atoms in total. The molecule has 1 heterocycles. The van der Waals surface area contributed by atoms with Crippen LogP contribution in [-0.2, 0) is 6.54 Å². The third-order valence-corrected chi connectivity index (χ3v) is 3.06. The van der Waals surface area contributed by atoms with Crippen LogP contribution in [0.1, 0.15) is 37.9 Å². The molecule has 0 amide bonds. The average Bonchev–Trinajstić information content (AvgIpc) is 2.47. The van der Waals surface area contributed by atoms with Crippen LogP contribution >= 0.6 is 11.3 Å². The first kappa shape index (κ1) is 11.7. The van der Waals surface area contributed by atoms with E-state index in [2.05, 4.69) is 36.5 Å². The molecule has 1 rings (SSSR count). The molecule has 1 aromatic rings. The summed E-state index contributed by atoms with van der Waals surface area (Å²) < 4.78 is 0. The lowest BCUT2D eigenvalue weighted by molar-refractivity contribution is 0.441. The molecule has 0 radical (unpaired) electrons. The highest BCUT2D eigenvalue weighted by Crippen LogP contribution is 2.09. The van der Waals surface area contributed by atoms with Gasteiger partial charge in [-0.05, 0) is 26.2 Å². The van der Waals surface area contributed by atoms with Gasteiger partial charge in [0.25, 0.3) is 0 Å². The molecule has 0 saturated heterocycles. The number of rotatable bonds is 5. The monoisotopic (exact) mass is 212 g/mol. The Kier molecular flexibility index (Phi) is 4.55. The van der Waals surface area contributed by atoms with E-state index in [9.17, 15) is 0 Å². The zero-order valence-electron chi connectivity index (χ0n) is 9.50. The molecule has 0 saturated carbocycles. The van der Waals surface area contributed by atoms with E-state index in [1.54, 1.807) is 11.3 Å². The predicted octanol–water partition coefficient (Wildman–Crippen LogP) is 2.98. The van der Waals surface area contributed by atoms with Crippen LogP contribution in [0.5, 0.6) is 0 Å². The highest BCUT2D eigenvalue weighted by molar-refractivity contribution is 7.09. The molecule has 0 aliphatic carbocycles. The number of hydrogen-bond donors (Lipinski definition) is 1. The van der Waals surface area contributed by atoms with Crippen molar-refractivity contribution in [2.45, 2.75) is 46.7 Å². The average molecular weight is 212 g/mol. The number of aromatic nitrogens is 1. The lowest BCUT2D eigenvalue weighted by atomic mass is 10.1. The fraction of sp³-hybridized carbons (Fsp3) is 0.727. The summed E-state index contributed by atoms with van der Waals surface area (Å²) in [5, 5.41) is 6.79. The molecule has 1 unspecified atom stereocenters. The highest BCUT2D eigenvalue weighted by Gasteiger charge is 2.05. The van der Waals surface area contributed by atoms with Crippen LogP contribution in [0.2, 0.25) is 0 Å². The normalized spacial score (nSPS) is 13.5. The van der Waals surface area contributed by atoms with Crippen molar-refractivity contribution >= 4 is 11.3 Å². The van der Waals surface area contributed by atoms with Gasteiger partial charge in [0.2, 0.25) is 0 Å². The Morgan fingerprint density at radius 2 is 2.14 bits per heavy atom. The van der Waals surface area contributed by atoms with E-state index in [-0.39, 0.29) is 0 Å². The van der Waals surface area contributed by atoms with Gasteiger partial charge >= 0.3 is 0 Å². The van der Waals surface area contributed by atoms with Gasteiger partial charge in [-0.25, -0.2) is 4.98 Å². The standard InChI is InChI=1S/C11H20N2S/c1-8(2)5-9(3)12-6-11-13-10(4)7-14-11/h7-9,12H,5-6H2,1-4H3. The second kappa shape index (κ2) is 5.47. The number of hydrogen-bond acceptors (Lipinski definition) is 3. The fourth-order valence-corrected chi connectivity index (χ4v) is 2.26. The van der Waals surface area contributed by atoms with E-state index in [0.717, 1.165) is 18.2 Å². The molecule has 80 valence electrons. The molecule has 0 fully saturated rings. The van der Waals surface area contributed by atoms with E-state index >= 15 is 0 Å². The molecule has 1 N–H and O–H groups in total. The first-order valence-corrected chi connectivity index (χ1v) is 6.10. The van der Waals surface area contributed by atoms with Gasteiger partial charge in [0.15, 0.2) is 0 Å². The SMILES string of the molecule is Cc1csc(CNC(C)CC(C)C)n1. The lowest BCUT2D eigenvalue weighted by Crippen LogP contribution is -2.26. The Balaban J connectivity index is 2.26. The van der Waals surface area contributed by atoms with E-state index < -0.39 is 0 Å². The Labute approximate surface area is 90.8 Å². The van der Waals surface area contributed by atoms with Crippen molar-refractivity contribution in [3.05, 3.63) is 16.1 Å². The highest BCUT2D eigenvalue weighted by atomic mass is 32.1. The minimum Gasteiger partial charge on any atom is -0.308 e. The minimum atomic E-state index is 0.583. The zero-order valence-corrected chi connectivity index (χ0v) is 10.3. The molecule has 0 aliphatic heterocycles. The van der Waals surface area contributed by atoms with Gasteiger partial charge in [0.1, 0.15) is 5.01 Å². The van der Waals surface area contributed by atoms with Crippen LogP contribution in [0.3, 0.4) is 0 Å². The van der Waals surface area contributed by atoms with E-state index in [0.29, 0.717) is 6.04 Å². The topological polar surface area (TPSA) is 24.9 Å². The molecule has 3 heteroatoms. The van der Waals surface area contributed by atoms with Crippen LogP contribution in [-0.4, -0.2) is 11.0 Å². The van der Waals surface area contributed by atoms with Gasteiger partial charge in [0, 0.05) is 23.7 Å². The summed E-state index contributed by atoms with van der Waals surface area (Å²) in [6.45, 7) is 9.70.